The van der Waals surface area contributed by atoms with Gasteiger partial charge in [0.2, 0.25) is 0 Å². The van der Waals surface area contributed by atoms with Crippen LogP contribution < -0.4 is 4.74 Å². The minimum absolute atomic E-state index is 0.0737. The molecule has 4 nitrogen and oxygen atoms in total. The molecule has 0 spiro atoms. The van der Waals surface area contributed by atoms with Crippen molar-refractivity contribution in [3.63, 3.8) is 0 Å². The van der Waals surface area contributed by atoms with Gasteiger partial charge in [0.05, 0.1) is 23.0 Å². The van der Waals surface area contributed by atoms with Gasteiger partial charge in [0, 0.05) is 16.6 Å². The number of hydrogen-bond donors (Lipinski definition) is 1. The summed E-state index contributed by atoms with van der Waals surface area (Å²) in [5, 5.41) is 14.5. The van der Waals surface area contributed by atoms with E-state index in [0.717, 1.165) is 34.4 Å². The van der Waals surface area contributed by atoms with E-state index in [-0.39, 0.29) is 6.61 Å². The number of aromatic nitrogens is 2. The number of nitrogens with zero attached hydrogens (tertiary/aromatic N) is 2. The minimum atomic E-state index is -0.0737. The number of benzene rings is 1. The lowest BCUT2D eigenvalue weighted by molar-refractivity contribution is 0.254. The Bertz CT molecular complexity index is 628. The van der Waals surface area contributed by atoms with Crippen molar-refractivity contribution in [3.05, 3.63) is 44.6 Å². The number of aliphatic hydroxyl groups is 1. The molecule has 0 aliphatic heterocycles. The highest BCUT2D eigenvalue weighted by molar-refractivity contribution is 9.10. The Morgan fingerprint density at radius 3 is 2.76 bits per heavy atom. The van der Waals surface area contributed by atoms with Crippen molar-refractivity contribution in [1.82, 2.24) is 9.78 Å². The molecule has 0 amide bonds. The molecule has 0 saturated heterocycles. The van der Waals surface area contributed by atoms with Gasteiger partial charge in [-0.25, -0.2) is 0 Å². The molecular formula is C15H18BrClN2O2. The van der Waals surface area contributed by atoms with Crippen LogP contribution in [0.25, 0.3) is 0 Å². The molecular weight excluding hydrogens is 356 g/mol. The average Bonchev–Trinajstić information content (AvgIpc) is 2.81. The van der Waals surface area contributed by atoms with E-state index < -0.39 is 0 Å². The second kappa shape index (κ2) is 7.29. The summed E-state index contributed by atoms with van der Waals surface area (Å²) in [4.78, 5) is 0. The van der Waals surface area contributed by atoms with Gasteiger partial charge >= 0.3 is 0 Å². The van der Waals surface area contributed by atoms with E-state index in [9.17, 15) is 5.11 Å². The molecule has 0 saturated carbocycles. The summed E-state index contributed by atoms with van der Waals surface area (Å²) in [6.45, 7) is 5.04. The van der Waals surface area contributed by atoms with E-state index in [4.69, 9.17) is 16.3 Å². The first-order chi connectivity index (χ1) is 10.1. The summed E-state index contributed by atoms with van der Waals surface area (Å²) < 4.78 is 8.59. The van der Waals surface area contributed by atoms with Gasteiger partial charge in [-0.15, -0.1) is 0 Å². The Morgan fingerprint density at radius 1 is 1.38 bits per heavy atom. The van der Waals surface area contributed by atoms with Gasteiger partial charge in [0.25, 0.3) is 0 Å². The SMILES string of the molecule is CCc1nn(CC)c(COc2ccc(Br)cc2CO)c1Cl. The predicted octanol–water partition coefficient (Wildman–Crippen LogP) is 3.95. The second-order valence-electron chi connectivity index (χ2n) is 4.58. The summed E-state index contributed by atoms with van der Waals surface area (Å²) in [7, 11) is 0. The molecule has 0 aliphatic carbocycles. The molecule has 114 valence electrons. The highest BCUT2D eigenvalue weighted by atomic mass is 79.9. The van der Waals surface area contributed by atoms with Crippen molar-refractivity contribution in [2.75, 3.05) is 0 Å². The number of halogens is 2. The van der Waals surface area contributed by atoms with Crippen LogP contribution >= 0.6 is 27.5 Å². The van der Waals surface area contributed by atoms with Crippen molar-refractivity contribution in [1.29, 1.82) is 0 Å². The Labute approximate surface area is 137 Å². The smallest absolute Gasteiger partial charge is 0.131 e. The standard InChI is InChI=1S/C15H18BrClN2O2/c1-3-12-15(17)13(19(4-2)18-12)9-21-14-6-5-11(16)7-10(14)8-20/h5-7,20H,3-4,8-9H2,1-2H3. The minimum Gasteiger partial charge on any atom is -0.487 e. The number of rotatable bonds is 6. The Kier molecular flexibility index (Phi) is 5.67. The van der Waals surface area contributed by atoms with Crippen molar-refractivity contribution in [2.45, 2.75) is 40.0 Å². The van der Waals surface area contributed by atoms with Gasteiger partial charge in [-0.1, -0.05) is 34.5 Å². The second-order valence-corrected chi connectivity index (χ2v) is 5.87. The molecule has 0 aliphatic rings. The van der Waals surface area contributed by atoms with E-state index in [0.29, 0.717) is 17.4 Å². The van der Waals surface area contributed by atoms with E-state index in [1.54, 1.807) is 0 Å². The molecule has 0 atom stereocenters. The number of aliphatic hydroxyl groups excluding tert-OH is 1. The summed E-state index contributed by atoms with van der Waals surface area (Å²) in [6, 6.07) is 5.55. The molecule has 0 radical (unpaired) electrons. The fourth-order valence-corrected chi connectivity index (χ4v) is 2.85. The van der Waals surface area contributed by atoms with Gasteiger partial charge in [-0.3, -0.25) is 4.68 Å². The van der Waals surface area contributed by atoms with Crippen molar-refractivity contribution in [3.8, 4) is 5.75 Å². The summed E-state index contributed by atoms with van der Waals surface area (Å²) in [5.74, 6) is 0.652. The maximum atomic E-state index is 9.39. The van der Waals surface area contributed by atoms with Crippen LogP contribution in [0.5, 0.6) is 5.75 Å². The molecule has 1 aromatic carbocycles. The zero-order valence-corrected chi connectivity index (χ0v) is 14.4. The fraction of sp³-hybridized carbons (Fsp3) is 0.400. The Balaban J connectivity index is 2.22. The highest BCUT2D eigenvalue weighted by Gasteiger charge is 2.15. The molecule has 0 fully saturated rings. The van der Waals surface area contributed by atoms with E-state index in [2.05, 4.69) is 21.0 Å². The first-order valence-electron chi connectivity index (χ1n) is 6.86. The lowest BCUT2D eigenvalue weighted by Gasteiger charge is -2.11. The van der Waals surface area contributed by atoms with Crippen LogP contribution in [0, 0.1) is 0 Å². The molecule has 0 bridgehead atoms. The zero-order chi connectivity index (χ0) is 15.4. The molecule has 2 rings (SSSR count). The van der Waals surface area contributed by atoms with E-state index >= 15 is 0 Å². The molecule has 1 N–H and O–H groups in total. The molecule has 21 heavy (non-hydrogen) atoms. The number of ether oxygens (including phenoxy) is 1. The lowest BCUT2D eigenvalue weighted by atomic mass is 10.2. The van der Waals surface area contributed by atoms with Gasteiger partial charge in [0.1, 0.15) is 12.4 Å². The Hall–Kier alpha value is -1.04. The summed E-state index contributed by atoms with van der Waals surface area (Å²) in [6.07, 6.45) is 0.791. The van der Waals surface area contributed by atoms with Crippen LogP contribution in [-0.4, -0.2) is 14.9 Å². The molecule has 2 aromatic rings. The first kappa shape index (κ1) is 16.3. The van der Waals surface area contributed by atoms with Crippen LogP contribution in [0.4, 0.5) is 0 Å². The maximum Gasteiger partial charge on any atom is 0.131 e. The number of aryl methyl sites for hydroxylation is 2. The first-order valence-corrected chi connectivity index (χ1v) is 8.03. The predicted molar refractivity (Wildman–Crippen MR) is 86.7 cm³/mol. The summed E-state index contributed by atoms with van der Waals surface area (Å²) in [5.41, 5.74) is 2.48. The van der Waals surface area contributed by atoms with Crippen LogP contribution in [0.15, 0.2) is 22.7 Å². The maximum absolute atomic E-state index is 9.39. The largest absolute Gasteiger partial charge is 0.487 e. The van der Waals surface area contributed by atoms with Crippen LogP contribution in [0.3, 0.4) is 0 Å². The Morgan fingerprint density at radius 2 is 2.14 bits per heavy atom. The van der Waals surface area contributed by atoms with Crippen molar-refractivity contribution >= 4 is 27.5 Å². The molecule has 1 aromatic heterocycles. The van der Waals surface area contributed by atoms with Crippen LogP contribution in [0.1, 0.15) is 30.8 Å². The van der Waals surface area contributed by atoms with Gasteiger partial charge in [-0.2, -0.15) is 5.10 Å². The average molecular weight is 374 g/mol. The third-order valence-corrected chi connectivity index (χ3v) is 4.18. The van der Waals surface area contributed by atoms with Gasteiger partial charge in [0.15, 0.2) is 0 Å². The quantitative estimate of drug-likeness (QED) is 0.834. The van der Waals surface area contributed by atoms with Crippen molar-refractivity contribution < 1.29 is 9.84 Å². The highest BCUT2D eigenvalue weighted by Crippen LogP contribution is 2.27. The van der Waals surface area contributed by atoms with E-state index in [1.165, 1.54) is 0 Å². The molecule has 6 heteroatoms. The molecule has 1 heterocycles. The number of hydrogen-bond acceptors (Lipinski definition) is 3. The van der Waals surface area contributed by atoms with Crippen LogP contribution in [-0.2, 0) is 26.2 Å². The molecule has 0 unspecified atom stereocenters. The fourth-order valence-electron chi connectivity index (χ4n) is 2.11. The van der Waals surface area contributed by atoms with Gasteiger partial charge < -0.3 is 9.84 Å². The lowest BCUT2D eigenvalue weighted by Crippen LogP contribution is -2.07. The topological polar surface area (TPSA) is 47.3 Å². The normalized spacial score (nSPS) is 10.9. The third-order valence-electron chi connectivity index (χ3n) is 3.25. The van der Waals surface area contributed by atoms with Crippen molar-refractivity contribution in [2.24, 2.45) is 0 Å². The third kappa shape index (κ3) is 3.59. The monoisotopic (exact) mass is 372 g/mol. The van der Waals surface area contributed by atoms with E-state index in [1.807, 2.05) is 36.7 Å². The summed E-state index contributed by atoms with van der Waals surface area (Å²) >= 11 is 9.73. The zero-order valence-electron chi connectivity index (χ0n) is 12.1. The van der Waals surface area contributed by atoms with Crippen LogP contribution in [0.2, 0.25) is 5.02 Å². The van der Waals surface area contributed by atoms with Gasteiger partial charge in [-0.05, 0) is 31.5 Å².